The van der Waals surface area contributed by atoms with E-state index >= 15 is 0 Å². The third-order valence-electron chi connectivity index (χ3n) is 3.57. The van der Waals surface area contributed by atoms with Gasteiger partial charge in [0.2, 0.25) is 10.0 Å². The monoisotopic (exact) mass is 338 g/mol. The molecule has 3 N–H and O–H groups in total. The number of nitrogens with two attached hydrogens (primary N) is 1. The number of ether oxygens (including phenoxy) is 1. The van der Waals surface area contributed by atoms with Gasteiger partial charge >= 0.3 is 0 Å². The number of rotatable bonds is 5. The predicted molar refractivity (Wildman–Crippen MR) is 79.7 cm³/mol. The van der Waals surface area contributed by atoms with Gasteiger partial charge < -0.3 is 10.5 Å². The number of benzene rings is 1. The lowest BCUT2D eigenvalue weighted by Gasteiger charge is -2.40. The fourth-order valence-electron chi connectivity index (χ4n) is 2.16. The van der Waals surface area contributed by atoms with E-state index in [9.17, 15) is 8.42 Å². The number of hydrogen-bond donors (Lipinski definition) is 2. The van der Waals surface area contributed by atoms with Crippen LogP contribution >= 0.6 is 23.2 Å². The summed E-state index contributed by atoms with van der Waals surface area (Å²) in [5.41, 5.74) is 5.46. The second-order valence-electron chi connectivity index (χ2n) is 4.88. The predicted octanol–water partition coefficient (Wildman–Crippen LogP) is 2.42. The van der Waals surface area contributed by atoms with Crippen LogP contribution in [0.25, 0.3) is 0 Å². The van der Waals surface area contributed by atoms with Gasteiger partial charge in [-0.2, -0.15) is 0 Å². The first-order valence-corrected chi connectivity index (χ1v) is 8.33. The molecular formula is C12H16Cl2N2O3S. The van der Waals surface area contributed by atoms with Crippen LogP contribution in [0.5, 0.6) is 0 Å². The van der Waals surface area contributed by atoms with E-state index in [0.29, 0.717) is 5.69 Å². The zero-order chi connectivity index (χ0) is 15.0. The first-order valence-electron chi connectivity index (χ1n) is 6.09. The molecule has 8 heteroatoms. The Morgan fingerprint density at radius 3 is 2.30 bits per heavy atom. The van der Waals surface area contributed by atoms with Gasteiger partial charge in [0.1, 0.15) is 4.90 Å². The summed E-state index contributed by atoms with van der Waals surface area (Å²) >= 11 is 11.9. The molecule has 0 atom stereocenters. The van der Waals surface area contributed by atoms with Crippen molar-refractivity contribution >= 4 is 38.9 Å². The Hall–Kier alpha value is -0.530. The van der Waals surface area contributed by atoms with Crippen molar-refractivity contribution in [2.75, 3.05) is 19.4 Å². The number of hydrogen-bond acceptors (Lipinski definition) is 4. The molecule has 2 rings (SSSR count). The lowest BCUT2D eigenvalue weighted by atomic mass is 9.80. The first-order chi connectivity index (χ1) is 9.30. The van der Waals surface area contributed by atoms with Crippen LogP contribution in [0.4, 0.5) is 5.69 Å². The number of methoxy groups -OCH3 is 1. The molecular weight excluding hydrogens is 323 g/mol. The molecule has 1 saturated carbocycles. The largest absolute Gasteiger partial charge is 0.399 e. The van der Waals surface area contributed by atoms with Crippen LogP contribution in [-0.2, 0) is 14.8 Å². The summed E-state index contributed by atoms with van der Waals surface area (Å²) in [5, 5.41) is 0.00477. The van der Waals surface area contributed by atoms with Crippen molar-refractivity contribution in [1.82, 2.24) is 4.72 Å². The van der Waals surface area contributed by atoms with Crippen molar-refractivity contribution in [3.8, 4) is 0 Å². The Labute approximate surface area is 128 Å². The Morgan fingerprint density at radius 2 is 1.90 bits per heavy atom. The normalized spacial score (nSPS) is 17.8. The summed E-state index contributed by atoms with van der Waals surface area (Å²) in [6, 6.07) is 2.72. The highest BCUT2D eigenvalue weighted by molar-refractivity contribution is 7.89. The molecule has 0 aliphatic heterocycles. The van der Waals surface area contributed by atoms with Gasteiger partial charge in [-0.25, -0.2) is 13.1 Å². The quantitative estimate of drug-likeness (QED) is 0.808. The van der Waals surface area contributed by atoms with Gasteiger partial charge in [0.25, 0.3) is 0 Å². The summed E-state index contributed by atoms with van der Waals surface area (Å²) < 4.78 is 32.5. The van der Waals surface area contributed by atoms with E-state index in [1.165, 1.54) is 12.1 Å². The molecule has 1 aliphatic rings. The maximum atomic E-state index is 12.3. The van der Waals surface area contributed by atoms with E-state index in [1.807, 2.05) is 0 Å². The van der Waals surface area contributed by atoms with Crippen molar-refractivity contribution < 1.29 is 13.2 Å². The van der Waals surface area contributed by atoms with Crippen LogP contribution in [0.3, 0.4) is 0 Å². The fourth-order valence-corrected chi connectivity index (χ4v) is 4.50. The van der Waals surface area contributed by atoms with Gasteiger partial charge in [0.15, 0.2) is 0 Å². The number of nitrogen functional groups attached to an aromatic ring is 1. The fraction of sp³-hybridized carbons (Fsp3) is 0.500. The van der Waals surface area contributed by atoms with Crippen molar-refractivity contribution in [2.45, 2.75) is 29.8 Å². The zero-order valence-electron chi connectivity index (χ0n) is 10.9. The van der Waals surface area contributed by atoms with E-state index < -0.39 is 15.6 Å². The lowest BCUT2D eigenvalue weighted by Crippen LogP contribution is -2.49. The highest BCUT2D eigenvalue weighted by Crippen LogP contribution is 2.36. The number of sulfonamides is 1. The van der Waals surface area contributed by atoms with Crippen molar-refractivity contribution in [1.29, 1.82) is 0 Å². The molecule has 5 nitrogen and oxygen atoms in total. The topological polar surface area (TPSA) is 81.4 Å². The minimum Gasteiger partial charge on any atom is -0.399 e. The highest BCUT2D eigenvalue weighted by Gasteiger charge is 2.38. The minimum atomic E-state index is -3.81. The Bertz CT molecular complexity index is 587. The third kappa shape index (κ3) is 3.04. The lowest BCUT2D eigenvalue weighted by molar-refractivity contribution is -0.0659. The van der Waals surface area contributed by atoms with Crippen LogP contribution in [0.1, 0.15) is 19.3 Å². The standard InChI is InChI=1S/C12H16Cl2N2O3S/c1-19-12(3-2-4-12)7-16-20(17,18)11-9(13)5-8(15)6-10(11)14/h5-6,16H,2-4,7,15H2,1H3. The molecule has 20 heavy (non-hydrogen) atoms. The maximum Gasteiger partial charge on any atom is 0.243 e. The van der Waals surface area contributed by atoms with Crippen LogP contribution in [0, 0.1) is 0 Å². The average Bonchev–Trinajstić information content (AvgIpc) is 2.25. The Morgan fingerprint density at radius 1 is 1.35 bits per heavy atom. The van der Waals surface area contributed by atoms with Gasteiger partial charge in [-0.1, -0.05) is 23.2 Å². The summed E-state index contributed by atoms with van der Waals surface area (Å²) in [4.78, 5) is -0.152. The second-order valence-corrected chi connectivity index (χ2v) is 7.40. The third-order valence-corrected chi connectivity index (χ3v) is 5.89. The first kappa shape index (κ1) is 15.9. The second kappa shape index (κ2) is 5.69. The molecule has 112 valence electrons. The number of anilines is 1. The van der Waals surface area contributed by atoms with Crippen molar-refractivity contribution in [2.24, 2.45) is 0 Å². The molecule has 0 radical (unpaired) electrons. The molecule has 0 aromatic heterocycles. The summed E-state index contributed by atoms with van der Waals surface area (Å²) in [5.74, 6) is 0. The average molecular weight is 339 g/mol. The smallest absolute Gasteiger partial charge is 0.243 e. The highest BCUT2D eigenvalue weighted by atomic mass is 35.5. The van der Waals surface area contributed by atoms with Gasteiger partial charge in [-0.05, 0) is 31.4 Å². The molecule has 1 aromatic carbocycles. The molecule has 1 fully saturated rings. The molecule has 0 saturated heterocycles. The Balaban J connectivity index is 2.23. The molecule has 0 spiro atoms. The SMILES string of the molecule is COC1(CNS(=O)(=O)c2c(Cl)cc(N)cc2Cl)CCC1. The van der Waals surface area contributed by atoms with Gasteiger partial charge in [0, 0.05) is 19.3 Å². The van der Waals surface area contributed by atoms with Crippen LogP contribution in [-0.4, -0.2) is 27.7 Å². The zero-order valence-corrected chi connectivity index (χ0v) is 13.3. The van der Waals surface area contributed by atoms with Gasteiger partial charge in [-0.15, -0.1) is 0 Å². The van der Waals surface area contributed by atoms with E-state index in [1.54, 1.807) is 7.11 Å². The molecule has 0 amide bonds. The summed E-state index contributed by atoms with van der Waals surface area (Å²) in [6.07, 6.45) is 2.68. The molecule has 0 bridgehead atoms. The molecule has 1 aliphatic carbocycles. The van der Waals surface area contributed by atoms with Crippen LogP contribution in [0.2, 0.25) is 10.0 Å². The summed E-state index contributed by atoms with van der Waals surface area (Å²) in [7, 11) is -2.23. The van der Waals surface area contributed by atoms with Crippen LogP contribution < -0.4 is 10.5 Å². The summed E-state index contributed by atoms with van der Waals surface area (Å²) in [6.45, 7) is 0.197. The van der Waals surface area contributed by atoms with E-state index in [4.69, 9.17) is 33.7 Å². The molecule has 0 heterocycles. The van der Waals surface area contributed by atoms with Crippen molar-refractivity contribution in [3.63, 3.8) is 0 Å². The van der Waals surface area contributed by atoms with Crippen LogP contribution in [0.15, 0.2) is 17.0 Å². The molecule has 0 unspecified atom stereocenters. The van der Waals surface area contributed by atoms with Gasteiger partial charge in [0.05, 0.1) is 15.6 Å². The van der Waals surface area contributed by atoms with E-state index in [-0.39, 0.29) is 21.5 Å². The van der Waals surface area contributed by atoms with E-state index in [2.05, 4.69) is 4.72 Å². The van der Waals surface area contributed by atoms with Gasteiger partial charge in [-0.3, -0.25) is 0 Å². The van der Waals surface area contributed by atoms with Crippen molar-refractivity contribution in [3.05, 3.63) is 22.2 Å². The Kier molecular flexibility index (Phi) is 4.51. The minimum absolute atomic E-state index is 0.00239. The maximum absolute atomic E-state index is 12.3. The number of halogens is 2. The molecule has 1 aromatic rings. The number of nitrogens with one attached hydrogen (secondary N) is 1. The van der Waals surface area contributed by atoms with E-state index in [0.717, 1.165) is 19.3 Å².